The minimum atomic E-state index is 0.227. The third kappa shape index (κ3) is 2.59. The van der Waals surface area contributed by atoms with Gasteiger partial charge in [-0.3, -0.25) is 9.80 Å². The summed E-state index contributed by atoms with van der Waals surface area (Å²) in [7, 11) is 2.06. The first kappa shape index (κ1) is 10.7. The molecule has 0 saturated carbocycles. The third-order valence-electron chi connectivity index (χ3n) is 3.03. The Labute approximate surface area is 90.1 Å². The summed E-state index contributed by atoms with van der Waals surface area (Å²) in [6.07, 6.45) is 1.70. The molecule has 84 valence electrons. The summed E-state index contributed by atoms with van der Waals surface area (Å²) in [4.78, 5) is 4.53. The molecule has 1 aromatic heterocycles. The van der Waals surface area contributed by atoms with E-state index in [0.717, 1.165) is 31.9 Å². The quantitative estimate of drug-likeness (QED) is 0.783. The number of hydrogen-bond donors (Lipinski definition) is 1. The van der Waals surface area contributed by atoms with E-state index in [4.69, 9.17) is 4.42 Å². The maximum atomic E-state index is 9.21. The zero-order valence-electron chi connectivity index (χ0n) is 9.09. The SMILES string of the molecule is CN1CCN(Cc2ccco2)CC1CO. The summed E-state index contributed by atoms with van der Waals surface area (Å²) in [5.41, 5.74) is 0. The summed E-state index contributed by atoms with van der Waals surface area (Å²) in [5, 5.41) is 9.21. The Balaban J connectivity index is 1.89. The number of furan rings is 1. The molecule has 4 nitrogen and oxygen atoms in total. The predicted molar refractivity (Wildman–Crippen MR) is 57.5 cm³/mol. The number of aliphatic hydroxyl groups excluding tert-OH is 1. The molecule has 1 fully saturated rings. The van der Waals surface area contributed by atoms with Crippen molar-refractivity contribution in [2.45, 2.75) is 12.6 Å². The fraction of sp³-hybridized carbons (Fsp3) is 0.636. The third-order valence-corrected chi connectivity index (χ3v) is 3.03. The molecule has 1 aliphatic rings. The van der Waals surface area contributed by atoms with Gasteiger partial charge < -0.3 is 9.52 Å². The van der Waals surface area contributed by atoms with Crippen molar-refractivity contribution in [3.63, 3.8) is 0 Å². The molecule has 0 radical (unpaired) electrons. The van der Waals surface area contributed by atoms with Gasteiger partial charge in [0.15, 0.2) is 0 Å². The Bertz CT molecular complexity index is 287. The van der Waals surface area contributed by atoms with Crippen LogP contribution in [0, 0.1) is 0 Å². The first-order valence-electron chi connectivity index (χ1n) is 5.35. The minimum absolute atomic E-state index is 0.227. The van der Waals surface area contributed by atoms with Gasteiger partial charge in [0.2, 0.25) is 0 Å². The second kappa shape index (κ2) is 4.79. The number of aliphatic hydroxyl groups is 1. The number of rotatable bonds is 3. The van der Waals surface area contributed by atoms with E-state index in [9.17, 15) is 5.11 Å². The van der Waals surface area contributed by atoms with Crippen molar-refractivity contribution >= 4 is 0 Å². The van der Waals surface area contributed by atoms with Gasteiger partial charge in [0, 0.05) is 25.7 Å². The van der Waals surface area contributed by atoms with Crippen LogP contribution in [0.5, 0.6) is 0 Å². The van der Waals surface area contributed by atoms with Crippen LogP contribution in [-0.2, 0) is 6.54 Å². The molecule has 2 heterocycles. The van der Waals surface area contributed by atoms with Gasteiger partial charge in [0.1, 0.15) is 5.76 Å². The molecule has 0 bridgehead atoms. The van der Waals surface area contributed by atoms with Crippen LogP contribution >= 0.6 is 0 Å². The largest absolute Gasteiger partial charge is 0.468 e. The Morgan fingerprint density at radius 3 is 3.07 bits per heavy atom. The fourth-order valence-electron chi connectivity index (χ4n) is 1.97. The molecular weight excluding hydrogens is 192 g/mol. The lowest BCUT2D eigenvalue weighted by Crippen LogP contribution is -2.52. The monoisotopic (exact) mass is 210 g/mol. The molecule has 4 heteroatoms. The lowest BCUT2D eigenvalue weighted by Gasteiger charge is -2.38. The van der Waals surface area contributed by atoms with Crippen LogP contribution in [0.2, 0.25) is 0 Å². The van der Waals surface area contributed by atoms with Gasteiger partial charge in [0.05, 0.1) is 19.4 Å². The Morgan fingerprint density at radius 1 is 1.53 bits per heavy atom. The van der Waals surface area contributed by atoms with Crippen molar-refractivity contribution in [3.8, 4) is 0 Å². The van der Waals surface area contributed by atoms with E-state index in [1.165, 1.54) is 0 Å². The van der Waals surface area contributed by atoms with Crippen LogP contribution in [-0.4, -0.2) is 54.2 Å². The zero-order valence-corrected chi connectivity index (χ0v) is 9.09. The average molecular weight is 210 g/mol. The summed E-state index contributed by atoms with van der Waals surface area (Å²) in [6, 6.07) is 4.16. The second-order valence-corrected chi connectivity index (χ2v) is 4.13. The highest BCUT2D eigenvalue weighted by Crippen LogP contribution is 2.11. The van der Waals surface area contributed by atoms with Gasteiger partial charge in [-0.15, -0.1) is 0 Å². The van der Waals surface area contributed by atoms with Crippen LogP contribution in [0.15, 0.2) is 22.8 Å². The van der Waals surface area contributed by atoms with E-state index < -0.39 is 0 Å². The van der Waals surface area contributed by atoms with E-state index in [2.05, 4.69) is 16.8 Å². The summed E-state index contributed by atoms with van der Waals surface area (Å²) >= 11 is 0. The van der Waals surface area contributed by atoms with E-state index in [-0.39, 0.29) is 12.6 Å². The van der Waals surface area contributed by atoms with E-state index in [1.807, 2.05) is 12.1 Å². The highest BCUT2D eigenvalue weighted by molar-refractivity contribution is 4.98. The van der Waals surface area contributed by atoms with Crippen molar-refractivity contribution in [1.82, 2.24) is 9.80 Å². The zero-order chi connectivity index (χ0) is 10.7. The van der Waals surface area contributed by atoms with Gasteiger partial charge in [-0.25, -0.2) is 0 Å². The maximum absolute atomic E-state index is 9.21. The van der Waals surface area contributed by atoms with Crippen molar-refractivity contribution in [2.24, 2.45) is 0 Å². The summed E-state index contributed by atoms with van der Waals surface area (Å²) in [5.74, 6) is 0.997. The first-order valence-corrected chi connectivity index (χ1v) is 5.35. The Kier molecular flexibility index (Phi) is 3.41. The van der Waals surface area contributed by atoms with Gasteiger partial charge in [0.25, 0.3) is 0 Å². The second-order valence-electron chi connectivity index (χ2n) is 4.13. The molecular formula is C11H18N2O2. The predicted octanol–water partition coefficient (Wildman–Crippen LogP) is 0.388. The molecule has 1 N–H and O–H groups in total. The Hall–Kier alpha value is -0.840. The fourth-order valence-corrected chi connectivity index (χ4v) is 1.97. The molecule has 1 aromatic rings. The molecule has 2 rings (SSSR count). The van der Waals surface area contributed by atoms with Crippen LogP contribution in [0.25, 0.3) is 0 Å². The van der Waals surface area contributed by atoms with Crippen molar-refractivity contribution in [2.75, 3.05) is 33.3 Å². The molecule has 0 aromatic carbocycles. The van der Waals surface area contributed by atoms with E-state index >= 15 is 0 Å². The van der Waals surface area contributed by atoms with Gasteiger partial charge in [-0.1, -0.05) is 0 Å². The number of piperazine rings is 1. The summed E-state index contributed by atoms with van der Waals surface area (Å²) < 4.78 is 5.31. The lowest BCUT2D eigenvalue weighted by atomic mass is 10.2. The topological polar surface area (TPSA) is 39.9 Å². The molecule has 15 heavy (non-hydrogen) atoms. The normalized spacial score (nSPS) is 24.5. The van der Waals surface area contributed by atoms with Crippen LogP contribution in [0.1, 0.15) is 5.76 Å². The van der Waals surface area contributed by atoms with Crippen LogP contribution in [0.4, 0.5) is 0 Å². The minimum Gasteiger partial charge on any atom is -0.468 e. The highest BCUT2D eigenvalue weighted by atomic mass is 16.3. The number of likely N-dealkylation sites (N-methyl/N-ethyl adjacent to an activating group) is 1. The number of nitrogens with zero attached hydrogens (tertiary/aromatic N) is 2. The van der Waals surface area contributed by atoms with Crippen molar-refractivity contribution in [1.29, 1.82) is 0 Å². The van der Waals surface area contributed by atoms with Gasteiger partial charge in [-0.05, 0) is 19.2 Å². The van der Waals surface area contributed by atoms with Crippen molar-refractivity contribution in [3.05, 3.63) is 24.2 Å². The molecule has 0 spiro atoms. The van der Waals surface area contributed by atoms with Crippen LogP contribution in [0.3, 0.4) is 0 Å². The van der Waals surface area contributed by atoms with Crippen molar-refractivity contribution < 1.29 is 9.52 Å². The van der Waals surface area contributed by atoms with Gasteiger partial charge in [-0.2, -0.15) is 0 Å². The Morgan fingerprint density at radius 2 is 2.40 bits per heavy atom. The molecule has 0 amide bonds. The molecule has 1 unspecified atom stereocenters. The van der Waals surface area contributed by atoms with E-state index in [1.54, 1.807) is 6.26 Å². The first-order chi connectivity index (χ1) is 7.29. The van der Waals surface area contributed by atoms with Crippen LogP contribution < -0.4 is 0 Å². The average Bonchev–Trinajstić information content (AvgIpc) is 2.73. The van der Waals surface area contributed by atoms with E-state index in [0.29, 0.717) is 0 Å². The highest BCUT2D eigenvalue weighted by Gasteiger charge is 2.23. The van der Waals surface area contributed by atoms with Gasteiger partial charge >= 0.3 is 0 Å². The molecule has 1 aliphatic heterocycles. The maximum Gasteiger partial charge on any atom is 0.117 e. The molecule has 1 atom stereocenters. The standard InChI is InChI=1S/C11H18N2O2/c1-12-4-5-13(7-10(12)9-14)8-11-3-2-6-15-11/h2-3,6,10,14H,4-5,7-9H2,1H3. The summed E-state index contributed by atoms with van der Waals surface area (Å²) in [6.45, 7) is 4.02. The molecule has 1 saturated heterocycles. The molecule has 0 aliphatic carbocycles. The smallest absolute Gasteiger partial charge is 0.117 e. The number of hydrogen-bond acceptors (Lipinski definition) is 4. The lowest BCUT2D eigenvalue weighted by molar-refractivity contribution is 0.0508.